The molecule has 0 saturated carbocycles. The summed E-state index contributed by atoms with van der Waals surface area (Å²) in [5.74, 6) is 0.236. The van der Waals surface area contributed by atoms with Gasteiger partial charge in [-0.25, -0.2) is 0 Å². The zero-order chi connectivity index (χ0) is 9.35. The third-order valence-electron chi connectivity index (χ3n) is 1.87. The van der Waals surface area contributed by atoms with E-state index < -0.39 is 0 Å². The summed E-state index contributed by atoms with van der Waals surface area (Å²) in [4.78, 5) is 13.3. The van der Waals surface area contributed by atoms with Crippen molar-refractivity contribution in [2.24, 2.45) is 5.41 Å². The molecule has 1 amide bonds. The lowest BCUT2D eigenvalue weighted by Crippen LogP contribution is -2.51. The Balaban J connectivity index is 2.30. The first-order valence-electron chi connectivity index (χ1n) is 4.30. The van der Waals surface area contributed by atoms with Gasteiger partial charge in [0.2, 0.25) is 5.91 Å². The van der Waals surface area contributed by atoms with E-state index in [1.54, 1.807) is 0 Å². The van der Waals surface area contributed by atoms with E-state index in [1.807, 2.05) is 4.90 Å². The van der Waals surface area contributed by atoms with Crippen molar-refractivity contribution in [2.45, 2.75) is 32.6 Å². The van der Waals surface area contributed by atoms with Crippen LogP contribution in [0.1, 0.15) is 27.2 Å². The Morgan fingerprint density at radius 2 is 2.00 bits per heavy atom. The predicted octanol–water partition coefficient (Wildman–Crippen LogP) is 1.87. The summed E-state index contributed by atoms with van der Waals surface area (Å²) in [6.07, 6.45) is 0.622. The van der Waals surface area contributed by atoms with Crippen LogP contribution in [0.2, 0.25) is 0 Å². The number of carbonyl (C=O) groups is 1. The smallest absolute Gasteiger partial charge is 0.223 e. The van der Waals surface area contributed by atoms with E-state index in [-0.39, 0.29) is 16.7 Å². The molecule has 1 fully saturated rings. The maximum atomic E-state index is 11.5. The molecule has 0 aromatic carbocycles. The maximum absolute atomic E-state index is 11.5. The number of carbonyl (C=O) groups excluding carboxylic acids is 1. The standard InChI is InChI=1S/C9H16ClNO/c1-9(2,3)4-8(12)11-5-7(10)6-11/h7H,4-6H2,1-3H3. The zero-order valence-corrected chi connectivity index (χ0v) is 8.69. The van der Waals surface area contributed by atoms with Crippen LogP contribution in [0.4, 0.5) is 0 Å². The van der Waals surface area contributed by atoms with E-state index in [0.717, 1.165) is 13.1 Å². The summed E-state index contributed by atoms with van der Waals surface area (Å²) in [7, 11) is 0. The largest absolute Gasteiger partial charge is 0.340 e. The first-order valence-corrected chi connectivity index (χ1v) is 4.74. The molecule has 1 saturated heterocycles. The second kappa shape index (κ2) is 3.25. The van der Waals surface area contributed by atoms with Crippen LogP contribution in [-0.4, -0.2) is 29.3 Å². The highest BCUT2D eigenvalue weighted by molar-refractivity contribution is 6.21. The molecular weight excluding hydrogens is 174 g/mol. The van der Waals surface area contributed by atoms with Gasteiger partial charge in [0.15, 0.2) is 0 Å². The molecule has 0 aliphatic carbocycles. The first kappa shape index (κ1) is 9.85. The molecule has 3 heteroatoms. The molecule has 2 nitrogen and oxygen atoms in total. The first-order chi connectivity index (χ1) is 5.38. The molecule has 0 N–H and O–H groups in total. The van der Waals surface area contributed by atoms with Gasteiger partial charge < -0.3 is 4.90 Å². The van der Waals surface area contributed by atoms with E-state index in [4.69, 9.17) is 11.6 Å². The van der Waals surface area contributed by atoms with E-state index in [9.17, 15) is 4.79 Å². The molecule has 1 heterocycles. The molecule has 0 spiro atoms. The van der Waals surface area contributed by atoms with E-state index in [0.29, 0.717) is 6.42 Å². The second-order valence-corrected chi connectivity index (χ2v) is 5.25. The molecule has 1 rings (SSSR count). The Kier molecular flexibility index (Phi) is 2.67. The molecule has 0 aromatic rings. The van der Waals surface area contributed by atoms with Crippen molar-refractivity contribution in [2.75, 3.05) is 13.1 Å². The van der Waals surface area contributed by atoms with E-state index in [1.165, 1.54) is 0 Å². The lowest BCUT2D eigenvalue weighted by atomic mass is 9.91. The topological polar surface area (TPSA) is 20.3 Å². The van der Waals surface area contributed by atoms with Gasteiger partial charge in [0.1, 0.15) is 0 Å². The zero-order valence-electron chi connectivity index (χ0n) is 7.93. The van der Waals surface area contributed by atoms with Crippen LogP contribution in [0.25, 0.3) is 0 Å². The quantitative estimate of drug-likeness (QED) is 0.577. The Labute approximate surface area is 78.9 Å². The van der Waals surface area contributed by atoms with Crippen molar-refractivity contribution >= 4 is 17.5 Å². The maximum Gasteiger partial charge on any atom is 0.223 e. The van der Waals surface area contributed by atoms with Crippen molar-refractivity contribution < 1.29 is 4.79 Å². The lowest BCUT2D eigenvalue weighted by molar-refractivity contribution is -0.136. The average Bonchev–Trinajstić information content (AvgIpc) is 1.76. The molecule has 0 unspecified atom stereocenters. The molecule has 70 valence electrons. The third kappa shape index (κ3) is 2.67. The molecular formula is C9H16ClNO. The van der Waals surface area contributed by atoms with E-state index in [2.05, 4.69) is 20.8 Å². The summed E-state index contributed by atoms with van der Waals surface area (Å²) in [6, 6.07) is 0. The van der Waals surface area contributed by atoms with Gasteiger partial charge in [0.05, 0.1) is 5.38 Å². The third-order valence-corrected chi connectivity index (χ3v) is 2.15. The minimum atomic E-state index is 0.0917. The molecule has 0 bridgehead atoms. The predicted molar refractivity (Wildman–Crippen MR) is 50.3 cm³/mol. The molecule has 1 aliphatic heterocycles. The molecule has 0 aromatic heterocycles. The van der Waals surface area contributed by atoms with E-state index >= 15 is 0 Å². The number of likely N-dealkylation sites (tertiary alicyclic amines) is 1. The highest BCUT2D eigenvalue weighted by Gasteiger charge is 2.30. The number of hydrogen-bond acceptors (Lipinski definition) is 1. The second-order valence-electron chi connectivity index (χ2n) is 4.63. The number of halogens is 1. The van der Waals surface area contributed by atoms with Crippen molar-refractivity contribution in [3.8, 4) is 0 Å². The van der Waals surface area contributed by atoms with Crippen LogP contribution in [0, 0.1) is 5.41 Å². The summed E-state index contributed by atoms with van der Waals surface area (Å²) >= 11 is 5.77. The van der Waals surface area contributed by atoms with Gasteiger partial charge in [-0.3, -0.25) is 4.79 Å². The number of alkyl halides is 1. The summed E-state index contributed by atoms with van der Waals surface area (Å²) in [5, 5.41) is 0.189. The lowest BCUT2D eigenvalue weighted by Gasteiger charge is -2.37. The fourth-order valence-corrected chi connectivity index (χ4v) is 1.53. The van der Waals surface area contributed by atoms with Gasteiger partial charge in [-0.05, 0) is 5.41 Å². The van der Waals surface area contributed by atoms with Crippen LogP contribution in [0.3, 0.4) is 0 Å². The molecule has 0 atom stereocenters. The Morgan fingerprint density at radius 3 is 2.33 bits per heavy atom. The van der Waals surface area contributed by atoms with Crippen LogP contribution < -0.4 is 0 Å². The SMILES string of the molecule is CC(C)(C)CC(=O)N1CC(Cl)C1. The number of hydrogen-bond donors (Lipinski definition) is 0. The van der Waals surface area contributed by atoms with Crippen LogP contribution >= 0.6 is 11.6 Å². The monoisotopic (exact) mass is 189 g/mol. The highest BCUT2D eigenvalue weighted by atomic mass is 35.5. The van der Waals surface area contributed by atoms with Gasteiger partial charge in [0.25, 0.3) is 0 Å². The molecule has 12 heavy (non-hydrogen) atoms. The summed E-state index contributed by atoms with van der Waals surface area (Å²) < 4.78 is 0. The minimum Gasteiger partial charge on any atom is -0.340 e. The van der Waals surface area contributed by atoms with Crippen LogP contribution in [0.15, 0.2) is 0 Å². The van der Waals surface area contributed by atoms with Crippen molar-refractivity contribution in [3.05, 3.63) is 0 Å². The van der Waals surface area contributed by atoms with Gasteiger partial charge in [-0.15, -0.1) is 11.6 Å². The van der Waals surface area contributed by atoms with Crippen LogP contribution in [-0.2, 0) is 4.79 Å². The Morgan fingerprint density at radius 1 is 1.50 bits per heavy atom. The fraction of sp³-hybridized carbons (Fsp3) is 0.889. The molecule has 0 radical (unpaired) electrons. The highest BCUT2D eigenvalue weighted by Crippen LogP contribution is 2.23. The van der Waals surface area contributed by atoms with Gasteiger partial charge in [-0.1, -0.05) is 20.8 Å². The summed E-state index contributed by atoms with van der Waals surface area (Å²) in [6.45, 7) is 7.68. The number of rotatable bonds is 1. The van der Waals surface area contributed by atoms with Gasteiger partial charge in [0, 0.05) is 19.5 Å². The number of amides is 1. The number of nitrogens with zero attached hydrogens (tertiary/aromatic N) is 1. The van der Waals surface area contributed by atoms with Gasteiger partial charge in [-0.2, -0.15) is 0 Å². The average molecular weight is 190 g/mol. The Bertz CT molecular complexity index is 179. The van der Waals surface area contributed by atoms with Crippen molar-refractivity contribution in [1.82, 2.24) is 4.90 Å². The molecule has 1 aliphatic rings. The van der Waals surface area contributed by atoms with Crippen molar-refractivity contribution in [1.29, 1.82) is 0 Å². The normalized spacial score (nSPS) is 19.2. The summed E-state index contributed by atoms with van der Waals surface area (Å²) in [5.41, 5.74) is 0.0917. The fourth-order valence-electron chi connectivity index (χ4n) is 1.19. The Hall–Kier alpha value is -0.240. The van der Waals surface area contributed by atoms with Gasteiger partial charge >= 0.3 is 0 Å². The minimum absolute atomic E-state index is 0.0917. The van der Waals surface area contributed by atoms with Crippen molar-refractivity contribution in [3.63, 3.8) is 0 Å². The van der Waals surface area contributed by atoms with Crippen LogP contribution in [0.5, 0.6) is 0 Å².